The van der Waals surface area contributed by atoms with Crippen molar-refractivity contribution < 1.29 is 4.74 Å². The fourth-order valence-electron chi connectivity index (χ4n) is 2.14. The average molecular weight is 478 g/mol. The highest BCUT2D eigenvalue weighted by molar-refractivity contribution is 14.0. The fraction of sp³-hybridized carbons (Fsp3) is 0.412. The van der Waals surface area contributed by atoms with Gasteiger partial charge in [-0.1, -0.05) is 11.6 Å². The summed E-state index contributed by atoms with van der Waals surface area (Å²) in [5.74, 6) is 1.57. The maximum absolute atomic E-state index is 5.87. The van der Waals surface area contributed by atoms with E-state index in [4.69, 9.17) is 16.3 Å². The largest absolute Gasteiger partial charge is 0.489 e. The number of nitrogens with one attached hydrogen (secondary N) is 2. The van der Waals surface area contributed by atoms with E-state index in [-0.39, 0.29) is 30.1 Å². The van der Waals surface area contributed by atoms with E-state index in [1.165, 1.54) is 0 Å². The Morgan fingerprint density at radius 1 is 1.32 bits per heavy atom. The van der Waals surface area contributed by atoms with Crippen molar-refractivity contribution in [3.63, 3.8) is 0 Å². The highest BCUT2D eigenvalue weighted by Gasteiger charge is 2.05. The number of aliphatic imine (C=N–C) groups is 1. The number of hydrogen-bond donors (Lipinski definition) is 2. The standard InChI is InChI=1S/C17H24ClN5O.HI/c1-14(24-16-6-4-15(18)5-7-16)12-22-17(19-2)21-8-3-10-23-11-9-20-13-23;/h4-7,9,11,13-14H,3,8,10,12H2,1-2H3,(H2,19,21,22);1H. The molecule has 25 heavy (non-hydrogen) atoms. The lowest BCUT2D eigenvalue weighted by Gasteiger charge is -2.17. The Kier molecular flexibility index (Phi) is 10.3. The molecular formula is C17H25ClIN5O. The molecule has 0 fully saturated rings. The number of hydrogen-bond acceptors (Lipinski definition) is 3. The number of imidazole rings is 1. The van der Waals surface area contributed by atoms with E-state index in [1.807, 2.05) is 43.7 Å². The normalized spacial score (nSPS) is 12.2. The quantitative estimate of drug-likeness (QED) is 0.265. The molecule has 0 bridgehead atoms. The van der Waals surface area contributed by atoms with E-state index in [0.29, 0.717) is 11.6 Å². The van der Waals surface area contributed by atoms with Crippen molar-refractivity contribution in [2.24, 2.45) is 4.99 Å². The summed E-state index contributed by atoms with van der Waals surface area (Å²) in [4.78, 5) is 8.24. The van der Waals surface area contributed by atoms with Crippen LogP contribution in [0.2, 0.25) is 5.02 Å². The number of nitrogens with zero attached hydrogens (tertiary/aromatic N) is 3. The lowest BCUT2D eigenvalue weighted by atomic mass is 10.3. The van der Waals surface area contributed by atoms with Crippen LogP contribution < -0.4 is 15.4 Å². The molecule has 0 aliphatic rings. The smallest absolute Gasteiger partial charge is 0.191 e. The van der Waals surface area contributed by atoms with Crippen molar-refractivity contribution in [2.75, 3.05) is 20.1 Å². The second-order valence-electron chi connectivity index (χ2n) is 5.42. The molecule has 1 heterocycles. The molecule has 1 aromatic heterocycles. The van der Waals surface area contributed by atoms with Crippen molar-refractivity contribution in [1.82, 2.24) is 20.2 Å². The van der Waals surface area contributed by atoms with E-state index >= 15 is 0 Å². The van der Waals surface area contributed by atoms with Gasteiger partial charge in [-0.2, -0.15) is 0 Å². The molecular weight excluding hydrogens is 453 g/mol. The van der Waals surface area contributed by atoms with Gasteiger partial charge in [0.15, 0.2) is 5.96 Å². The molecule has 0 aliphatic heterocycles. The van der Waals surface area contributed by atoms with Crippen molar-refractivity contribution in [3.05, 3.63) is 48.0 Å². The number of aryl methyl sites for hydroxylation is 1. The third-order valence-electron chi connectivity index (χ3n) is 3.38. The summed E-state index contributed by atoms with van der Waals surface area (Å²) >= 11 is 5.87. The highest BCUT2D eigenvalue weighted by Crippen LogP contribution is 2.16. The molecule has 6 nitrogen and oxygen atoms in total. The molecule has 0 aliphatic carbocycles. The Morgan fingerprint density at radius 3 is 2.72 bits per heavy atom. The van der Waals surface area contributed by atoms with Crippen LogP contribution >= 0.6 is 35.6 Å². The van der Waals surface area contributed by atoms with Gasteiger partial charge in [0.1, 0.15) is 11.9 Å². The molecule has 2 N–H and O–H groups in total. The molecule has 2 rings (SSSR count). The van der Waals surface area contributed by atoms with Crippen LogP contribution in [-0.2, 0) is 6.54 Å². The minimum atomic E-state index is 0. The van der Waals surface area contributed by atoms with Gasteiger partial charge in [-0.3, -0.25) is 4.99 Å². The molecule has 1 aromatic carbocycles. The first-order valence-electron chi connectivity index (χ1n) is 8.00. The average Bonchev–Trinajstić information content (AvgIpc) is 3.10. The SMILES string of the molecule is CN=C(NCCCn1ccnc1)NCC(C)Oc1ccc(Cl)cc1.I. The monoisotopic (exact) mass is 477 g/mol. The third kappa shape index (κ3) is 8.44. The van der Waals surface area contributed by atoms with Crippen LogP contribution in [0.15, 0.2) is 48.0 Å². The van der Waals surface area contributed by atoms with Gasteiger partial charge in [0.25, 0.3) is 0 Å². The summed E-state index contributed by atoms with van der Waals surface area (Å²) in [5.41, 5.74) is 0. The first-order chi connectivity index (χ1) is 11.7. The number of ether oxygens (including phenoxy) is 1. The van der Waals surface area contributed by atoms with Crippen LogP contribution in [0.4, 0.5) is 0 Å². The Labute approximate surface area is 171 Å². The zero-order valence-corrected chi connectivity index (χ0v) is 17.6. The van der Waals surface area contributed by atoms with Crippen LogP contribution in [0.1, 0.15) is 13.3 Å². The molecule has 0 saturated heterocycles. The van der Waals surface area contributed by atoms with Gasteiger partial charge in [-0.05, 0) is 37.6 Å². The second-order valence-corrected chi connectivity index (χ2v) is 5.85. The van der Waals surface area contributed by atoms with E-state index in [0.717, 1.165) is 31.2 Å². The second kappa shape index (κ2) is 12.0. The third-order valence-corrected chi connectivity index (χ3v) is 3.63. The Balaban J connectivity index is 0.00000312. The van der Waals surface area contributed by atoms with Gasteiger partial charge in [-0.15, -0.1) is 24.0 Å². The Hall–Kier alpha value is -1.48. The number of rotatable bonds is 8. The molecule has 0 amide bonds. The van der Waals surface area contributed by atoms with Crippen LogP contribution in [0.5, 0.6) is 5.75 Å². The zero-order valence-electron chi connectivity index (χ0n) is 14.5. The molecule has 0 spiro atoms. The zero-order chi connectivity index (χ0) is 17.2. The fourth-order valence-corrected chi connectivity index (χ4v) is 2.26. The van der Waals surface area contributed by atoms with Gasteiger partial charge in [0, 0.05) is 37.6 Å². The van der Waals surface area contributed by atoms with E-state index in [1.54, 1.807) is 13.2 Å². The summed E-state index contributed by atoms with van der Waals surface area (Å²) in [7, 11) is 1.76. The number of benzene rings is 1. The van der Waals surface area contributed by atoms with Crippen LogP contribution in [0.25, 0.3) is 0 Å². The summed E-state index contributed by atoms with van der Waals surface area (Å²) in [6.45, 7) is 4.43. The molecule has 0 radical (unpaired) electrons. The minimum Gasteiger partial charge on any atom is -0.489 e. The van der Waals surface area contributed by atoms with Crippen molar-refractivity contribution in [1.29, 1.82) is 0 Å². The summed E-state index contributed by atoms with van der Waals surface area (Å²) in [5, 5.41) is 7.26. The number of aromatic nitrogens is 2. The lowest BCUT2D eigenvalue weighted by Crippen LogP contribution is -2.42. The molecule has 0 saturated carbocycles. The van der Waals surface area contributed by atoms with E-state index < -0.39 is 0 Å². The van der Waals surface area contributed by atoms with Crippen molar-refractivity contribution in [3.8, 4) is 5.75 Å². The molecule has 138 valence electrons. The summed E-state index contributed by atoms with van der Waals surface area (Å²) in [6, 6.07) is 7.36. The predicted octanol–water partition coefficient (Wildman–Crippen LogP) is 3.18. The Morgan fingerprint density at radius 2 is 2.08 bits per heavy atom. The maximum atomic E-state index is 5.87. The van der Waals surface area contributed by atoms with E-state index in [2.05, 4.69) is 25.2 Å². The van der Waals surface area contributed by atoms with Gasteiger partial charge >= 0.3 is 0 Å². The van der Waals surface area contributed by atoms with Crippen LogP contribution in [0, 0.1) is 0 Å². The van der Waals surface area contributed by atoms with Gasteiger partial charge in [0.05, 0.1) is 12.9 Å². The molecule has 2 aromatic rings. The van der Waals surface area contributed by atoms with E-state index in [9.17, 15) is 0 Å². The minimum absolute atomic E-state index is 0. The summed E-state index contributed by atoms with van der Waals surface area (Å²) in [6.07, 6.45) is 6.57. The highest BCUT2D eigenvalue weighted by atomic mass is 127. The first kappa shape index (κ1) is 21.6. The summed E-state index contributed by atoms with van der Waals surface area (Å²) < 4.78 is 7.88. The molecule has 1 unspecified atom stereocenters. The number of halogens is 2. The molecule has 8 heteroatoms. The Bertz CT molecular complexity index is 618. The van der Waals surface area contributed by atoms with Gasteiger partial charge in [-0.25, -0.2) is 4.98 Å². The maximum Gasteiger partial charge on any atom is 0.191 e. The predicted molar refractivity (Wildman–Crippen MR) is 113 cm³/mol. The van der Waals surface area contributed by atoms with Crippen LogP contribution in [-0.4, -0.2) is 41.8 Å². The molecule has 1 atom stereocenters. The van der Waals surface area contributed by atoms with Gasteiger partial charge in [0.2, 0.25) is 0 Å². The van der Waals surface area contributed by atoms with Crippen LogP contribution in [0.3, 0.4) is 0 Å². The topological polar surface area (TPSA) is 63.5 Å². The first-order valence-corrected chi connectivity index (χ1v) is 8.37. The van der Waals surface area contributed by atoms with Crippen molar-refractivity contribution >= 4 is 41.5 Å². The van der Waals surface area contributed by atoms with Crippen molar-refractivity contribution in [2.45, 2.75) is 26.0 Å². The lowest BCUT2D eigenvalue weighted by molar-refractivity contribution is 0.224. The van der Waals surface area contributed by atoms with Gasteiger partial charge < -0.3 is 19.9 Å². The number of guanidine groups is 1.